The van der Waals surface area contributed by atoms with Crippen molar-refractivity contribution in [2.45, 2.75) is 18.2 Å². The van der Waals surface area contributed by atoms with E-state index in [1.807, 2.05) is 30.3 Å². The Labute approximate surface area is 138 Å². The summed E-state index contributed by atoms with van der Waals surface area (Å²) in [4.78, 5) is 11.4. The third-order valence-electron chi connectivity index (χ3n) is 3.52. The van der Waals surface area contributed by atoms with Crippen LogP contribution in [0.2, 0.25) is 10.0 Å². The molecule has 21 heavy (non-hydrogen) atoms. The number of halogens is 3. The van der Waals surface area contributed by atoms with Crippen LogP contribution in [0.5, 0.6) is 0 Å². The van der Waals surface area contributed by atoms with Crippen LogP contribution in [0.3, 0.4) is 0 Å². The zero-order chi connectivity index (χ0) is 15.0. The number of rotatable bonds is 3. The van der Waals surface area contributed by atoms with E-state index in [0.29, 0.717) is 22.9 Å². The monoisotopic (exact) mass is 339 g/mol. The molecule has 2 aromatic carbocycles. The minimum absolute atomic E-state index is 0.0257. The van der Waals surface area contributed by atoms with Gasteiger partial charge in [-0.1, -0.05) is 41.4 Å². The van der Waals surface area contributed by atoms with Gasteiger partial charge in [-0.05, 0) is 41.3 Å². The fraction of sp³-hybridized carbons (Fsp3) is 0.188. The molecule has 5 heteroatoms. The molecule has 2 nitrogen and oxygen atoms in total. The van der Waals surface area contributed by atoms with Crippen molar-refractivity contribution in [3.05, 3.63) is 63.1 Å². The summed E-state index contributed by atoms with van der Waals surface area (Å²) in [5.41, 5.74) is 3.90. The second kappa shape index (κ2) is 5.88. The van der Waals surface area contributed by atoms with Crippen LogP contribution >= 0.6 is 34.8 Å². The molecule has 0 saturated heterocycles. The Morgan fingerprint density at radius 2 is 1.90 bits per heavy atom. The van der Waals surface area contributed by atoms with Gasteiger partial charge in [0, 0.05) is 5.69 Å². The molecule has 1 unspecified atom stereocenters. The summed E-state index contributed by atoms with van der Waals surface area (Å²) in [7, 11) is 0. The third-order valence-corrected chi connectivity index (χ3v) is 4.66. The van der Waals surface area contributed by atoms with Gasteiger partial charge >= 0.3 is 0 Å². The maximum atomic E-state index is 11.4. The lowest BCUT2D eigenvalue weighted by Crippen LogP contribution is -2.03. The number of benzene rings is 2. The van der Waals surface area contributed by atoms with Gasteiger partial charge in [-0.2, -0.15) is 0 Å². The molecule has 0 bridgehead atoms. The quantitative estimate of drug-likeness (QED) is 0.782. The highest BCUT2D eigenvalue weighted by Gasteiger charge is 2.19. The van der Waals surface area contributed by atoms with Gasteiger partial charge in [-0.3, -0.25) is 4.79 Å². The maximum absolute atomic E-state index is 11.4. The van der Waals surface area contributed by atoms with E-state index in [-0.39, 0.29) is 11.3 Å². The van der Waals surface area contributed by atoms with Crippen molar-refractivity contribution >= 4 is 46.4 Å². The lowest BCUT2D eigenvalue weighted by Gasteiger charge is -2.12. The van der Waals surface area contributed by atoms with E-state index in [2.05, 4.69) is 5.32 Å². The third kappa shape index (κ3) is 3.18. The summed E-state index contributed by atoms with van der Waals surface area (Å²) < 4.78 is 0. The van der Waals surface area contributed by atoms with Gasteiger partial charge in [0.25, 0.3) is 0 Å². The molecule has 0 aromatic heterocycles. The van der Waals surface area contributed by atoms with Crippen molar-refractivity contribution in [1.82, 2.24) is 0 Å². The number of anilines is 1. The lowest BCUT2D eigenvalue weighted by molar-refractivity contribution is -0.115. The molecule has 1 heterocycles. The standard InChI is InChI=1S/C16H12Cl3NO/c17-12-3-1-9(6-14(12)19)5-13(18)10-2-4-15-11(7-10)8-16(21)20-15/h1-4,6-7,13H,5,8H2,(H,20,21). The Hall–Kier alpha value is -1.22. The van der Waals surface area contributed by atoms with Gasteiger partial charge in [0.1, 0.15) is 0 Å². The fourth-order valence-electron chi connectivity index (χ4n) is 2.44. The van der Waals surface area contributed by atoms with E-state index < -0.39 is 0 Å². The van der Waals surface area contributed by atoms with Crippen LogP contribution in [0.4, 0.5) is 5.69 Å². The second-order valence-electron chi connectivity index (χ2n) is 5.06. The highest BCUT2D eigenvalue weighted by Crippen LogP contribution is 2.32. The van der Waals surface area contributed by atoms with Crippen molar-refractivity contribution in [2.75, 3.05) is 5.32 Å². The van der Waals surface area contributed by atoms with E-state index in [1.54, 1.807) is 6.07 Å². The number of fused-ring (bicyclic) bond motifs is 1. The first-order valence-electron chi connectivity index (χ1n) is 6.53. The van der Waals surface area contributed by atoms with Gasteiger partial charge in [0.2, 0.25) is 5.91 Å². The van der Waals surface area contributed by atoms with Gasteiger partial charge in [-0.15, -0.1) is 11.6 Å². The number of amides is 1. The van der Waals surface area contributed by atoms with Crippen LogP contribution in [0.15, 0.2) is 36.4 Å². The average Bonchev–Trinajstić information content (AvgIpc) is 2.82. The first kappa shape index (κ1) is 14.7. The molecule has 108 valence electrons. The molecule has 0 aliphatic carbocycles. The van der Waals surface area contributed by atoms with Crippen molar-refractivity contribution in [2.24, 2.45) is 0 Å². The number of hydrogen-bond donors (Lipinski definition) is 1. The van der Waals surface area contributed by atoms with Crippen molar-refractivity contribution < 1.29 is 4.79 Å². The van der Waals surface area contributed by atoms with Crippen molar-refractivity contribution in [1.29, 1.82) is 0 Å². The Kier molecular flexibility index (Phi) is 4.12. The molecule has 1 N–H and O–H groups in total. The minimum Gasteiger partial charge on any atom is -0.326 e. The normalized spacial score (nSPS) is 14.7. The van der Waals surface area contributed by atoms with Gasteiger partial charge in [0.05, 0.1) is 21.8 Å². The number of nitrogens with one attached hydrogen (secondary N) is 1. The molecule has 0 fully saturated rings. The summed E-state index contributed by atoms with van der Waals surface area (Å²) in [5.74, 6) is 0.0257. The predicted molar refractivity (Wildman–Crippen MR) is 87.5 cm³/mol. The molecule has 3 rings (SSSR count). The summed E-state index contributed by atoms with van der Waals surface area (Å²) in [6, 6.07) is 11.4. The maximum Gasteiger partial charge on any atom is 0.228 e. The number of carbonyl (C=O) groups is 1. The number of alkyl halides is 1. The van der Waals surface area contributed by atoms with E-state index in [1.165, 1.54) is 0 Å². The highest BCUT2D eigenvalue weighted by molar-refractivity contribution is 6.42. The Morgan fingerprint density at radius 3 is 2.67 bits per heavy atom. The smallest absolute Gasteiger partial charge is 0.228 e. The molecule has 1 aliphatic heterocycles. The first-order chi connectivity index (χ1) is 10.0. The average molecular weight is 341 g/mol. The first-order valence-corrected chi connectivity index (χ1v) is 7.73. The van der Waals surface area contributed by atoms with Crippen LogP contribution in [0.1, 0.15) is 22.1 Å². The van der Waals surface area contributed by atoms with Crippen LogP contribution in [0, 0.1) is 0 Å². The second-order valence-corrected chi connectivity index (χ2v) is 6.40. The van der Waals surface area contributed by atoms with Crippen LogP contribution < -0.4 is 5.32 Å². The topological polar surface area (TPSA) is 29.1 Å². The minimum atomic E-state index is -0.178. The van der Waals surface area contributed by atoms with Crippen LogP contribution in [-0.2, 0) is 17.6 Å². The van der Waals surface area contributed by atoms with E-state index >= 15 is 0 Å². The molecule has 1 atom stereocenters. The highest BCUT2D eigenvalue weighted by atomic mass is 35.5. The molecule has 0 radical (unpaired) electrons. The van der Waals surface area contributed by atoms with Crippen LogP contribution in [0.25, 0.3) is 0 Å². The largest absolute Gasteiger partial charge is 0.326 e. The number of carbonyl (C=O) groups excluding carboxylic acids is 1. The molecule has 1 aliphatic rings. The molecular weight excluding hydrogens is 329 g/mol. The van der Waals surface area contributed by atoms with E-state index in [0.717, 1.165) is 22.4 Å². The molecule has 2 aromatic rings. The van der Waals surface area contributed by atoms with Crippen LogP contribution in [-0.4, -0.2) is 5.91 Å². The van der Waals surface area contributed by atoms with E-state index in [4.69, 9.17) is 34.8 Å². The number of hydrogen-bond acceptors (Lipinski definition) is 1. The molecular formula is C16H12Cl3NO. The Bertz CT molecular complexity index is 715. The summed E-state index contributed by atoms with van der Waals surface area (Å²) in [6.45, 7) is 0. The Balaban J connectivity index is 1.79. The molecule has 1 amide bonds. The molecule has 0 saturated carbocycles. The SMILES string of the molecule is O=C1Cc2cc(C(Cl)Cc3ccc(Cl)c(Cl)c3)ccc2N1. The summed E-state index contributed by atoms with van der Waals surface area (Å²) in [6.07, 6.45) is 1.07. The zero-order valence-electron chi connectivity index (χ0n) is 11.0. The molecule has 0 spiro atoms. The van der Waals surface area contributed by atoms with Gasteiger partial charge in [0.15, 0.2) is 0 Å². The predicted octanol–water partition coefficient (Wildman–Crippen LogP) is 5.01. The van der Waals surface area contributed by atoms with Crippen molar-refractivity contribution in [3.63, 3.8) is 0 Å². The zero-order valence-corrected chi connectivity index (χ0v) is 13.3. The van der Waals surface area contributed by atoms with E-state index in [9.17, 15) is 4.79 Å². The fourth-order valence-corrected chi connectivity index (χ4v) is 3.07. The summed E-state index contributed by atoms with van der Waals surface area (Å²) >= 11 is 18.4. The summed E-state index contributed by atoms with van der Waals surface area (Å²) in [5, 5.41) is 3.70. The van der Waals surface area contributed by atoms with Gasteiger partial charge in [-0.25, -0.2) is 0 Å². The lowest BCUT2D eigenvalue weighted by atomic mass is 10.0. The Morgan fingerprint density at radius 1 is 1.10 bits per heavy atom. The van der Waals surface area contributed by atoms with Crippen molar-refractivity contribution in [3.8, 4) is 0 Å². The van der Waals surface area contributed by atoms with Gasteiger partial charge < -0.3 is 5.32 Å².